The summed E-state index contributed by atoms with van der Waals surface area (Å²) in [7, 11) is 0. The number of anilines is 2. The van der Waals surface area contributed by atoms with Gasteiger partial charge in [0.1, 0.15) is 5.69 Å². The Balaban J connectivity index is 2.91. The van der Waals surface area contributed by atoms with E-state index in [1.807, 2.05) is 5.32 Å². The molecule has 18 heteroatoms. The van der Waals surface area contributed by atoms with Crippen molar-refractivity contribution in [3.63, 3.8) is 0 Å². The molecule has 0 fully saturated rings. The summed E-state index contributed by atoms with van der Waals surface area (Å²) in [5.74, 6) is 0. The first-order chi connectivity index (χ1) is 14.0. The van der Waals surface area contributed by atoms with Crippen LogP contribution in [0.15, 0.2) is 29.4 Å². The maximum absolute atomic E-state index is 11.3. The van der Waals surface area contributed by atoms with E-state index >= 15 is 0 Å². The maximum atomic E-state index is 11.3. The lowest BCUT2D eigenvalue weighted by Crippen LogP contribution is -2.06. The Morgan fingerprint density at radius 1 is 0.600 bits per heavy atom. The van der Waals surface area contributed by atoms with Gasteiger partial charge in [-0.25, -0.2) is 0 Å². The van der Waals surface area contributed by atoms with Gasteiger partial charge in [-0.05, 0) is 5.18 Å². The Kier molecular flexibility index (Phi) is 5.52. The number of rotatable bonds is 8. The molecule has 18 nitrogen and oxygen atoms in total. The fraction of sp³-hybridized carbons (Fsp3) is 0. The lowest BCUT2D eigenvalue weighted by molar-refractivity contribution is -0.401. The SMILES string of the molecule is O=Nc1cc([N+](=O)[O-])c(Nc2c([N+](=O)[O-])cc([N+](=O)[O-])cc2[N+](=O)[O-])c([N+](=O)[O-])c1. The van der Waals surface area contributed by atoms with Crippen LogP contribution in [-0.2, 0) is 0 Å². The molecule has 0 atom stereocenters. The lowest BCUT2D eigenvalue weighted by atomic mass is 10.1. The number of nitrogens with zero attached hydrogens (tertiary/aromatic N) is 6. The van der Waals surface area contributed by atoms with Gasteiger partial charge in [0.25, 0.3) is 5.69 Å². The standard InChI is InChI=1S/C12H5N7O11/c20-14-5-1-7(16(23)24)11(8(2-5)17(25)26)13-12-9(18(27)28)3-6(15(21)22)4-10(12)19(29)30/h1-4,13H. The van der Waals surface area contributed by atoms with Gasteiger partial charge < -0.3 is 5.32 Å². The highest BCUT2D eigenvalue weighted by molar-refractivity contribution is 5.88. The second-order valence-corrected chi connectivity index (χ2v) is 5.22. The van der Waals surface area contributed by atoms with Crippen LogP contribution in [0.25, 0.3) is 0 Å². The summed E-state index contributed by atoms with van der Waals surface area (Å²) in [6.07, 6.45) is 0. The van der Waals surface area contributed by atoms with Crippen molar-refractivity contribution in [2.24, 2.45) is 5.18 Å². The first-order valence-electron chi connectivity index (χ1n) is 7.16. The van der Waals surface area contributed by atoms with E-state index < -0.39 is 70.1 Å². The third-order valence-electron chi connectivity index (χ3n) is 3.52. The Hall–Kier alpha value is -5.16. The molecule has 30 heavy (non-hydrogen) atoms. The van der Waals surface area contributed by atoms with Crippen LogP contribution >= 0.6 is 0 Å². The monoisotopic (exact) mass is 423 g/mol. The van der Waals surface area contributed by atoms with Crippen molar-refractivity contribution in [3.05, 3.63) is 79.7 Å². The highest BCUT2D eigenvalue weighted by Crippen LogP contribution is 2.45. The normalized spacial score (nSPS) is 10.1. The molecule has 0 aliphatic rings. The van der Waals surface area contributed by atoms with Crippen molar-refractivity contribution in [3.8, 4) is 0 Å². The summed E-state index contributed by atoms with van der Waals surface area (Å²) in [5.41, 5.74) is -8.71. The smallest absolute Gasteiger partial charge is 0.306 e. The average molecular weight is 423 g/mol. The molecule has 0 unspecified atom stereocenters. The molecule has 0 aliphatic carbocycles. The number of benzene rings is 2. The van der Waals surface area contributed by atoms with E-state index in [1.165, 1.54) is 0 Å². The zero-order valence-electron chi connectivity index (χ0n) is 14.0. The molecule has 2 rings (SSSR count). The van der Waals surface area contributed by atoms with Gasteiger partial charge in [0.2, 0.25) is 0 Å². The minimum Gasteiger partial charge on any atom is -0.333 e. The molecular formula is C12H5N7O11. The van der Waals surface area contributed by atoms with Crippen LogP contribution in [0, 0.1) is 55.5 Å². The predicted octanol–water partition coefficient (Wildman–Crippen LogP) is 3.37. The molecule has 0 aromatic heterocycles. The van der Waals surface area contributed by atoms with E-state index in [0.29, 0.717) is 24.3 Å². The summed E-state index contributed by atoms with van der Waals surface area (Å²) >= 11 is 0. The Labute approximate surface area is 161 Å². The van der Waals surface area contributed by atoms with Gasteiger partial charge >= 0.3 is 22.7 Å². The van der Waals surface area contributed by atoms with E-state index in [9.17, 15) is 55.5 Å². The van der Waals surface area contributed by atoms with Crippen LogP contribution < -0.4 is 5.32 Å². The fourth-order valence-corrected chi connectivity index (χ4v) is 2.31. The topological polar surface area (TPSA) is 257 Å². The molecule has 0 spiro atoms. The van der Waals surface area contributed by atoms with Crippen molar-refractivity contribution in [2.45, 2.75) is 0 Å². The molecule has 0 bridgehead atoms. The van der Waals surface area contributed by atoms with Crippen LogP contribution in [0.4, 0.5) is 45.5 Å². The van der Waals surface area contributed by atoms with Gasteiger partial charge in [-0.3, -0.25) is 50.6 Å². The van der Waals surface area contributed by atoms with Crippen LogP contribution in [0.2, 0.25) is 0 Å². The summed E-state index contributed by atoms with van der Waals surface area (Å²) in [4.78, 5) is 60.6. The molecule has 0 saturated heterocycles. The van der Waals surface area contributed by atoms with Crippen LogP contribution in [0.1, 0.15) is 0 Å². The minimum atomic E-state index is -1.26. The van der Waals surface area contributed by atoms with Gasteiger partial charge in [-0.1, -0.05) is 0 Å². The van der Waals surface area contributed by atoms with Crippen molar-refractivity contribution in [1.82, 2.24) is 0 Å². The highest BCUT2D eigenvalue weighted by Gasteiger charge is 2.35. The van der Waals surface area contributed by atoms with E-state index in [1.54, 1.807) is 0 Å². The van der Waals surface area contributed by atoms with Crippen LogP contribution in [0.5, 0.6) is 0 Å². The number of nitro benzene ring substituents is 5. The van der Waals surface area contributed by atoms with Crippen molar-refractivity contribution in [2.75, 3.05) is 5.32 Å². The lowest BCUT2D eigenvalue weighted by Gasteiger charge is -2.09. The number of nitro groups is 5. The number of nitroso groups, excluding NO2 is 1. The number of non-ortho nitro benzene ring substituents is 1. The van der Waals surface area contributed by atoms with Gasteiger partial charge in [0, 0.05) is 12.1 Å². The zero-order chi connectivity index (χ0) is 22.7. The van der Waals surface area contributed by atoms with E-state index in [2.05, 4.69) is 5.18 Å². The largest absolute Gasteiger partial charge is 0.333 e. The molecule has 1 N–H and O–H groups in total. The van der Waals surface area contributed by atoms with E-state index in [4.69, 9.17) is 0 Å². The molecule has 0 amide bonds. The first-order valence-corrected chi connectivity index (χ1v) is 7.16. The molecule has 0 radical (unpaired) electrons. The molecule has 2 aromatic rings. The number of hydrogen-bond donors (Lipinski definition) is 1. The van der Waals surface area contributed by atoms with Crippen LogP contribution in [-0.4, -0.2) is 24.6 Å². The van der Waals surface area contributed by atoms with E-state index in [-0.39, 0.29) is 0 Å². The summed E-state index contributed by atoms with van der Waals surface area (Å²) in [5, 5.41) is 60.3. The maximum Gasteiger partial charge on any atom is 0.306 e. The molecule has 0 heterocycles. The number of nitrogens with one attached hydrogen (secondary N) is 1. The quantitative estimate of drug-likeness (QED) is 0.364. The van der Waals surface area contributed by atoms with Gasteiger partial charge in [-0.2, -0.15) is 0 Å². The highest BCUT2D eigenvalue weighted by atomic mass is 16.6. The van der Waals surface area contributed by atoms with Crippen molar-refractivity contribution in [1.29, 1.82) is 0 Å². The Morgan fingerprint density at radius 3 is 1.20 bits per heavy atom. The first kappa shape index (κ1) is 21.1. The number of hydrogen-bond acceptors (Lipinski definition) is 13. The van der Waals surface area contributed by atoms with Crippen molar-refractivity contribution >= 4 is 45.5 Å². The third kappa shape index (κ3) is 3.90. The summed E-state index contributed by atoms with van der Waals surface area (Å²) < 4.78 is 0. The molecule has 2 aromatic carbocycles. The van der Waals surface area contributed by atoms with Crippen LogP contribution in [0.3, 0.4) is 0 Å². The summed E-state index contributed by atoms with van der Waals surface area (Å²) in [6, 6.07) is 1.64. The second-order valence-electron chi connectivity index (χ2n) is 5.22. The van der Waals surface area contributed by atoms with Crippen molar-refractivity contribution < 1.29 is 24.6 Å². The van der Waals surface area contributed by atoms with Gasteiger partial charge in [-0.15, -0.1) is 4.91 Å². The van der Waals surface area contributed by atoms with Gasteiger partial charge in [0.15, 0.2) is 11.4 Å². The molecular weight excluding hydrogens is 418 g/mol. The molecule has 0 aliphatic heterocycles. The Morgan fingerprint density at radius 2 is 0.933 bits per heavy atom. The Bertz CT molecular complexity index is 1080. The van der Waals surface area contributed by atoms with Gasteiger partial charge in [0.05, 0.1) is 36.7 Å². The van der Waals surface area contributed by atoms with E-state index in [0.717, 1.165) is 0 Å². The third-order valence-corrected chi connectivity index (χ3v) is 3.52. The fourth-order valence-electron chi connectivity index (χ4n) is 2.31. The molecule has 0 saturated carbocycles. The minimum absolute atomic E-state index is 0.328. The predicted molar refractivity (Wildman–Crippen MR) is 94.9 cm³/mol. The zero-order valence-corrected chi connectivity index (χ0v) is 14.0. The molecule has 154 valence electrons. The second kappa shape index (κ2) is 7.84. The average Bonchev–Trinajstić information content (AvgIpc) is 2.66. The summed E-state index contributed by atoms with van der Waals surface area (Å²) in [6.45, 7) is 0.